The summed E-state index contributed by atoms with van der Waals surface area (Å²) in [6.07, 6.45) is -4.64. The second-order valence-corrected chi connectivity index (χ2v) is 2.75. The third-order valence-corrected chi connectivity index (χ3v) is 1.52. The van der Waals surface area contributed by atoms with E-state index in [2.05, 4.69) is 4.74 Å². The minimum atomic E-state index is -4.64. The minimum Gasteiger partial charge on any atom is -0.477 e. The number of hydrogen-bond donors (Lipinski definition) is 0. The van der Waals surface area contributed by atoms with Gasteiger partial charge in [-0.25, -0.2) is 0 Å². The molecular weight excluding hydrogens is 234 g/mol. The van der Waals surface area contributed by atoms with Gasteiger partial charge in [0, 0.05) is 0 Å². The molecule has 0 radical (unpaired) electrons. The third kappa shape index (κ3) is 3.07. The van der Waals surface area contributed by atoms with Crippen molar-refractivity contribution in [2.24, 2.45) is 0 Å². The number of halogens is 4. The number of hydrogen-bond acceptors (Lipinski definition) is 3. The predicted molar refractivity (Wildman–Crippen MR) is 44.6 cm³/mol. The molecule has 4 nitrogen and oxygen atoms in total. The summed E-state index contributed by atoms with van der Waals surface area (Å²) in [5.41, 5.74) is -1.10. The van der Waals surface area contributed by atoms with Gasteiger partial charge in [-0.15, -0.1) is 0 Å². The molecule has 0 bridgehead atoms. The van der Waals surface area contributed by atoms with Gasteiger partial charge < -0.3 is 4.74 Å². The van der Waals surface area contributed by atoms with Crippen molar-refractivity contribution in [1.82, 2.24) is 0 Å². The Morgan fingerprint density at radius 1 is 1.38 bits per heavy atom. The Labute approximate surface area is 86.6 Å². The van der Waals surface area contributed by atoms with Gasteiger partial charge in [0.2, 0.25) is 11.6 Å². The van der Waals surface area contributed by atoms with Crippen LogP contribution in [0.3, 0.4) is 0 Å². The highest BCUT2D eigenvalue weighted by atomic mass is 19.4. The zero-order chi connectivity index (χ0) is 12.3. The molecule has 0 aromatic heterocycles. The normalized spacial score (nSPS) is 11.2. The lowest BCUT2D eigenvalue weighted by Gasteiger charge is -2.09. The van der Waals surface area contributed by atoms with Crippen molar-refractivity contribution in [3.05, 3.63) is 34.1 Å². The van der Waals surface area contributed by atoms with Crippen LogP contribution in [0, 0.1) is 15.9 Å². The lowest BCUT2D eigenvalue weighted by Crippen LogP contribution is -2.19. The summed E-state index contributed by atoms with van der Waals surface area (Å²) in [4.78, 5) is 9.23. The molecule has 0 aliphatic heterocycles. The van der Waals surface area contributed by atoms with Crippen LogP contribution in [0.2, 0.25) is 0 Å². The molecule has 8 heteroatoms. The van der Waals surface area contributed by atoms with Gasteiger partial charge in [0.1, 0.15) is 0 Å². The molecular formula is C8H5F4NO3. The van der Waals surface area contributed by atoms with E-state index in [9.17, 15) is 27.7 Å². The van der Waals surface area contributed by atoms with Gasteiger partial charge in [0.05, 0.1) is 4.92 Å². The van der Waals surface area contributed by atoms with Gasteiger partial charge in [-0.05, 0) is 12.1 Å². The molecule has 0 aliphatic rings. The lowest BCUT2D eigenvalue weighted by molar-refractivity contribution is -0.388. The number of benzene rings is 1. The Morgan fingerprint density at radius 3 is 2.50 bits per heavy atom. The molecule has 0 saturated heterocycles. The van der Waals surface area contributed by atoms with Gasteiger partial charge in [0.15, 0.2) is 6.61 Å². The summed E-state index contributed by atoms with van der Waals surface area (Å²) in [6.45, 7) is -1.71. The second kappa shape index (κ2) is 4.33. The van der Waals surface area contributed by atoms with E-state index in [0.717, 1.165) is 18.2 Å². The number of rotatable bonds is 3. The number of nitrogens with zero attached hydrogens (tertiary/aromatic N) is 1. The molecule has 0 N–H and O–H groups in total. The second-order valence-electron chi connectivity index (χ2n) is 2.75. The van der Waals surface area contributed by atoms with Crippen LogP contribution in [0.25, 0.3) is 0 Å². The van der Waals surface area contributed by atoms with Crippen molar-refractivity contribution < 1.29 is 27.2 Å². The van der Waals surface area contributed by atoms with E-state index in [1.54, 1.807) is 0 Å². The summed E-state index contributed by atoms with van der Waals surface area (Å²) in [5.74, 6) is -1.99. The van der Waals surface area contributed by atoms with Crippen molar-refractivity contribution in [3.8, 4) is 5.75 Å². The number of nitro benzene ring substituents is 1. The Hall–Kier alpha value is -1.86. The summed E-state index contributed by atoms with van der Waals surface area (Å²) < 4.78 is 52.4. The van der Waals surface area contributed by atoms with E-state index in [0.29, 0.717) is 0 Å². The summed E-state index contributed by atoms with van der Waals surface area (Å²) in [7, 11) is 0. The SMILES string of the molecule is O=[N+]([O-])c1c(F)cccc1OCC(F)(F)F. The molecule has 0 saturated carbocycles. The maximum Gasteiger partial charge on any atom is 0.422 e. The summed E-state index contributed by atoms with van der Waals surface area (Å²) >= 11 is 0. The van der Waals surface area contributed by atoms with E-state index in [1.807, 2.05) is 0 Å². The highest BCUT2D eigenvalue weighted by Crippen LogP contribution is 2.30. The standard InChI is InChI=1S/C8H5F4NO3/c9-5-2-1-3-6(7(5)13(14)15)16-4-8(10,11)12/h1-3H,4H2. The predicted octanol–water partition coefficient (Wildman–Crippen LogP) is 2.68. The first-order valence-corrected chi connectivity index (χ1v) is 3.94. The fourth-order valence-electron chi connectivity index (χ4n) is 0.949. The first kappa shape index (κ1) is 12.2. The van der Waals surface area contributed by atoms with E-state index >= 15 is 0 Å². The largest absolute Gasteiger partial charge is 0.477 e. The molecule has 0 aliphatic carbocycles. The van der Waals surface area contributed by atoms with Crippen molar-refractivity contribution in [3.63, 3.8) is 0 Å². The van der Waals surface area contributed by atoms with Crippen LogP contribution in [0.5, 0.6) is 5.75 Å². The average molecular weight is 239 g/mol. The zero-order valence-electron chi connectivity index (χ0n) is 7.62. The highest BCUT2D eigenvalue weighted by Gasteiger charge is 2.30. The first-order valence-electron chi connectivity index (χ1n) is 3.94. The molecule has 1 aromatic rings. The van der Waals surface area contributed by atoms with Gasteiger partial charge in [-0.2, -0.15) is 17.6 Å². The Kier molecular flexibility index (Phi) is 3.31. The number of para-hydroxylation sites is 1. The van der Waals surface area contributed by atoms with Gasteiger partial charge in [-0.1, -0.05) is 6.07 Å². The minimum absolute atomic E-state index is 0.748. The van der Waals surface area contributed by atoms with Crippen LogP contribution in [0.1, 0.15) is 0 Å². The first-order chi connectivity index (χ1) is 7.31. The zero-order valence-corrected chi connectivity index (χ0v) is 7.62. The van der Waals surface area contributed by atoms with Crippen LogP contribution in [0.4, 0.5) is 23.2 Å². The number of alkyl halides is 3. The molecule has 0 unspecified atom stereocenters. The van der Waals surface area contributed by atoms with E-state index < -0.39 is 35.0 Å². The highest BCUT2D eigenvalue weighted by molar-refractivity contribution is 5.47. The number of ether oxygens (including phenoxy) is 1. The van der Waals surface area contributed by atoms with Crippen molar-refractivity contribution in [2.75, 3.05) is 6.61 Å². The molecule has 0 atom stereocenters. The van der Waals surface area contributed by atoms with Crippen LogP contribution in [0.15, 0.2) is 18.2 Å². The Balaban J connectivity index is 2.96. The Morgan fingerprint density at radius 2 is 2.00 bits per heavy atom. The van der Waals surface area contributed by atoms with Crippen LogP contribution in [-0.2, 0) is 0 Å². The van der Waals surface area contributed by atoms with Crippen molar-refractivity contribution in [1.29, 1.82) is 0 Å². The molecule has 0 heterocycles. The molecule has 0 fully saturated rings. The van der Waals surface area contributed by atoms with E-state index in [4.69, 9.17) is 0 Å². The fraction of sp³-hybridized carbons (Fsp3) is 0.250. The monoisotopic (exact) mass is 239 g/mol. The molecule has 1 rings (SSSR count). The van der Waals surface area contributed by atoms with Gasteiger partial charge >= 0.3 is 11.9 Å². The molecule has 0 spiro atoms. The molecule has 16 heavy (non-hydrogen) atoms. The van der Waals surface area contributed by atoms with E-state index in [-0.39, 0.29) is 0 Å². The quantitative estimate of drug-likeness (QED) is 0.463. The van der Waals surface area contributed by atoms with Crippen LogP contribution < -0.4 is 4.74 Å². The smallest absolute Gasteiger partial charge is 0.422 e. The Bertz CT molecular complexity index is 405. The van der Waals surface area contributed by atoms with Gasteiger partial charge in [-0.3, -0.25) is 10.1 Å². The average Bonchev–Trinajstić information content (AvgIpc) is 2.12. The fourth-order valence-corrected chi connectivity index (χ4v) is 0.949. The molecule has 1 aromatic carbocycles. The summed E-state index contributed by atoms with van der Waals surface area (Å²) in [5, 5.41) is 10.4. The van der Waals surface area contributed by atoms with Crippen molar-refractivity contribution in [2.45, 2.75) is 6.18 Å². The molecule has 88 valence electrons. The lowest BCUT2D eigenvalue weighted by atomic mass is 10.3. The van der Waals surface area contributed by atoms with Crippen LogP contribution >= 0.6 is 0 Å². The van der Waals surface area contributed by atoms with E-state index in [1.165, 1.54) is 0 Å². The maximum absolute atomic E-state index is 12.9. The van der Waals surface area contributed by atoms with Gasteiger partial charge in [0.25, 0.3) is 0 Å². The molecule has 0 amide bonds. The summed E-state index contributed by atoms with van der Waals surface area (Å²) in [6, 6.07) is 2.68. The third-order valence-electron chi connectivity index (χ3n) is 1.52. The topological polar surface area (TPSA) is 52.4 Å². The maximum atomic E-state index is 12.9. The van der Waals surface area contributed by atoms with Crippen molar-refractivity contribution >= 4 is 5.69 Å². The van der Waals surface area contributed by atoms with Crippen LogP contribution in [-0.4, -0.2) is 17.7 Å². The number of nitro groups is 1.